The van der Waals surface area contributed by atoms with Crippen LogP contribution in [0.3, 0.4) is 0 Å². The molecule has 1 aromatic heterocycles. The highest BCUT2D eigenvalue weighted by Gasteiger charge is 2.17. The smallest absolute Gasteiger partial charge is 0.234 e. The fourth-order valence-corrected chi connectivity index (χ4v) is 4.02. The molecule has 3 aromatic carbocycles. The number of hydrogen-bond acceptors (Lipinski definition) is 6. The molecule has 0 radical (unpaired) electrons. The van der Waals surface area contributed by atoms with E-state index in [1.165, 1.54) is 11.8 Å². The molecule has 168 valence electrons. The van der Waals surface area contributed by atoms with Gasteiger partial charge in [0.2, 0.25) is 5.91 Å². The van der Waals surface area contributed by atoms with Crippen molar-refractivity contribution < 1.29 is 14.3 Å². The highest BCUT2D eigenvalue weighted by Crippen LogP contribution is 2.29. The van der Waals surface area contributed by atoms with Crippen molar-refractivity contribution in [2.75, 3.05) is 25.3 Å². The first-order valence-electron chi connectivity index (χ1n) is 10.00. The summed E-state index contributed by atoms with van der Waals surface area (Å²) in [7, 11) is 3.20. The predicted molar refractivity (Wildman–Crippen MR) is 131 cm³/mol. The lowest BCUT2D eigenvalue weighted by Crippen LogP contribution is -2.14. The molecule has 0 saturated carbocycles. The third-order valence-corrected chi connectivity index (χ3v) is 5.93. The van der Waals surface area contributed by atoms with Crippen LogP contribution in [0.1, 0.15) is 0 Å². The molecule has 4 aromatic rings. The van der Waals surface area contributed by atoms with E-state index in [4.69, 9.17) is 21.1 Å². The van der Waals surface area contributed by atoms with Gasteiger partial charge in [-0.1, -0.05) is 29.4 Å². The summed E-state index contributed by atoms with van der Waals surface area (Å²) >= 11 is 7.35. The van der Waals surface area contributed by atoms with Gasteiger partial charge in [0.1, 0.15) is 11.5 Å². The molecule has 0 saturated heterocycles. The van der Waals surface area contributed by atoms with E-state index in [1.807, 2.05) is 59.2 Å². The van der Waals surface area contributed by atoms with Crippen LogP contribution in [-0.2, 0) is 4.79 Å². The van der Waals surface area contributed by atoms with E-state index in [0.29, 0.717) is 27.4 Å². The van der Waals surface area contributed by atoms with Crippen molar-refractivity contribution in [3.63, 3.8) is 0 Å². The molecule has 1 N–H and O–H groups in total. The van der Waals surface area contributed by atoms with Crippen molar-refractivity contribution in [2.45, 2.75) is 5.16 Å². The summed E-state index contributed by atoms with van der Waals surface area (Å²) in [6.45, 7) is 0. The number of methoxy groups -OCH3 is 2. The fourth-order valence-electron chi connectivity index (χ4n) is 3.14. The van der Waals surface area contributed by atoms with Crippen molar-refractivity contribution in [3.8, 4) is 28.6 Å². The second kappa shape index (κ2) is 10.4. The van der Waals surface area contributed by atoms with Gasteiger partial charge in [0, 0.05) is 28.0 Å². The monoisotopic (exact) mass is 480 g/mol. The summed E-state index contributed by atoms with van der Waals surface area (Å²) < 4.78 is 12.4. The summed E-state index contributed by atoms with van der Waals surface area (Å²) in [5, 5.41) is 12.8. The van der Waals surface area contributed by atoms with E-state index < -0.39 is 0 Å². The van der Waals surface area contributed by atoms with Crippen molar-refractivity contribution in [1.29, 1.82) is 0 Å². The largest absolute Gasteiger partial charge is 0.497 e. The van der Waals surface area contributed by atoms with E-state index in [1.54, 1.807) is 32.4 Å². The molecular formula is C24H21ClN4O3S. The van der Waals surface area contributed by atoms with Crippen molar-refractivity contribution >= 4 is 35.0 Å². The minimum absolute atomic E-state index is 0.159. The van der Waals surface area contributed by atoms with Gasteiger partial charge < -0.3 is 14.8 Å². The summed E-state index contributed by atoms with van der Waals surface area (Å²) in [5.41, 5.74) is 2.37. The van der Waals surface area contributed by atoms with E-state index >= 15 is 0 Å². The minimum atomic E-state index is -0.162. The van der Waals surface area contributed by atoms with E-state index in [-0.39, 0.29) is 11.7 Å². The molecule has 4 rings (SSSR count). The molecular weight excluding hydrogens is 460 g/mol. The zero-order chi connectivity index (χ0) is 23.2. The number of thioether (sulfide) groups is 1. The number of ether oxygens (including phenoxy) is 2. The number of halogens is 1. The molecule has 0 atom stereocenters. The summed E-state index contributed by atoms with van der Waals surface area (Å²) in [4.78, 5) is 12.6. The van der Waals surface area contributed by atoms with E-state index in [9.17, 15) is 4.79 Å². The van der Waals surface area contributed by atoms with Crippen LogP contribution in [0.4, 0.5) is 5.69 Å². The lowest BCUT2D eigenvalue weighted by atomic mass is 10.2. The van der Waals surface area contributed by atoms with Crippen LogP contribution in [0.5, 0.6) is 11.5 Å². The number of benzene rings is 3. The maximum atomic E-state index is 12.6. The van der Waals surface area contributed by atoms with Crippen LogP contribution < -0.4 is 14.8 Å². The molecule has 1 amide bonds. The van der Waals surface area contributed by atoms with Gasteiger partial charge >= 0.3 is 0 Å². The number of anilines is 1. The van der Waals surface area contributed by atoms with Crippen molar-refractivity contribution in [2.24, 2.45) is 0 Å². The zero-order valence-corrected chi connectivity index (χ0v) is 19.6. The third kappa shape index (κ3) is 5.47. The molecule has 0 aliphatic rings. The van der Waals surface area contributed by atoms with Crippen LogP contribution in [0.2, 0.25) is 5.02 Å². The van der Waals surface area contributed by atoms with Gasteiger partial charge in [-0.15, -0.1) is 10.2 Å². The first-order valence-corrected chi connectivity index (χ1v) is 11.4. The summed E-state index contributed by atoms with van der Waals surface area (Å²) in [6.07, 6.45) is 0. The molecule has 0 unspecified atom stereocenters. The van der Waals surface area contributed by atoms with Gasteiger partial charge in [0.25, 0.3) is 0 Å². The number of nitrogens with one attached hydrogen (secondary N) is 1. The van der Waals surface area contributed by atoms with Crippen molar-refractivity contribution in [1.82, 2.24) is 14.8 Å². The van der Waals surface area contributed by atoms with Gasteiger partial charge in [0.15, 0.2) is 11.0 Å². The zero-order valence-electron chi connectivity index (χ0n) is 18.0. The molecule has 7 nitrogen and oxygen atoms in total. The summed E-state index contributed by atoms with van der Waals surface area (Å²) in [5.74, 6) is 2.06. The Morgan fingerprint density at radius 3 is 2.39 bits per heavy atom. The molecule has 1 heterocycles. The Morgan fingerprint density at radius 2 is 1.70 bits per heavy atom. The first-order chi connectivity index (χ1) is 16.1. The average Bonchev–Trinajstić information content (AvgIpc) is 3.27. The van der Waals surface area contributed by atoms with Gasteiger partial charge in [-0.2, -0.15) is 0 Å². The Bertz CT molecular complexity index is 1240. The van der Waals surface area contributed by atoms with Gasteiger partial charge in [-0.05, 0) is 60.7 Å². The molecule has 0 aliphatic carbocycles. The molecule has 0 aliphatic heterocycles. The third-order valence-electron chi connectivity index (χ3n) is 4.75. The summed E-state index contributed by atoms with van der Waals surface area (Å²) in [6, 6.07) is 22.2. The number of nitrogens with zero attached hydrogens (tertiary/aromatic N) is 3. The van der Waals surface area contributed by atoms with Gasteiger partial charge in [-0.3, -0.25) is 9.36 Å². The number of hydrogen-bond donors (Lipinski definition) is 1. The Labute approximate surface area is 200 Å². The SMILES string of the molecule is COc1ccc(-n2c(SCC(=O)Nc3cccc(OC)c3)nnc2-c2ccc(Cl)cc2)cc1. The Morgan fingerprint density at radius 1 is 0.970 bits per heavy atom. The average molecular weight is 481 g/mol. The first kappa shape index (κ1) is 22.7. The number of carbonyl (C=O) groups excluding carboxylic acids is 1. The number of amides is 1. The predicted octanol–water partition coefficient (Wildman–Crippen LogP) is 5.34. The number of rotatable bonds is 8. The molecule has 0 spiro atoms. The highest BCUT2D eigenvalue weighted by atomic mass is 35.5. The van der Waals surface area contributed by atoms with Crippen LogP contribution in [0.15, 0.2) is 78.0 Å². The lowest BCUT2D eigenvalue weighted by molar-refractivity contribution is -0.113. The quantitative estimate of drug-likeness (QED) is 0.343. The van der Waals surface area contributed by atoms with Crippen LogP contribution in [0.25, 0.3) is 17.1 Å². The standard InChI is InChI=1S/C24H21ClN4O3S/c1-31-20-12-10-19(11-13-20)29-23(16-6-8-17(25)9-7-16)27-28-24(29)33-15-22(30)26-18-4-3-5-21(14-18)32-2/h3-14H,15H2,1-2H3,(H,26,30). The Balaban J connectivity index is 1.59. The molecule has 9 heteroatoms. The van der Waals surface area contributed by atoms with E-state index in [2.05, 4.69) is 15.5 Å². The number of carbonyl (C=O) groups is 1. The lowest BCUT2D eigenvalue weighted by Gasteiger charge is -2.11. The minimum Gasteiger partial charge on any atom is -0.497 e. The van der Waals surface area contributed by atoms with Crippen molar-refractivity contribution in [3.05, 3.63) is 77.8 Å². The maximum absolute atomic E-state index is 12.6. The number of aromatic nitrogens is 3. The maximum Gasteiger partial charge on any atom is 0.234 e. The molecule has 0 bridgehead atoms. The molecule has 0 fully saturated rings. The van der Waals surface area contributed by atoms with Crippen LogP contribution >= 0.6 is 23.4 Å². The van der Waals surface area contributed by atoms with Gasteiger partial charge in [0.05, 0.1) is 20.0 Å². The Kier molecular flexibility index (Phi) is 7.16. The van der Waals surface area contributed by atoms with Crippen LogP contribution in [-0.4, -0.2) is 40.6 Å². The topological polar surface area (TPSA) is 78.3 Å². The highest BCUT2D eigenvalue weighted by molar-refractivity contribution is 7.99. The van der Waals surface area contributed by atoms with E-state index in [0.717, 1.165) is 17.0 Å². The van der Waals surface area contributed by atoms with Crippen LogP contribution in [0, 0.1) is 0 Å². The second-order valence-corrected chi connectivity index (χ2v) is 8.29. The normalized spacial score (nSPS) is 10.6. The second-order valence-electron chi connectivity index (χ2n) is 6.92. The molecule has 33 heavy (non-hydrogen) atoms. The fraction of sp³-hybridized carbons (Fsp3) is 0.125. The van der Waals surface area contributed by atoms with Gasteiger partial charge in [-0.25, -0.2) is 0 Å². The Hall–Kier alpha value is -3.49.